The summed E-state index contributed by atoms with van der Waals surface area (Å²) < 4.78 is 5.46. The van der Waals surface area contributed by atoms with Gasteiger partial charge < -0.3 is 14.5 Å². The van der Waals surface area contributed by atoms with E-state index in [0.717, 1.165) is 43.9 Å². The van der Waals surface area contributed by atoms with Crippen molar-refractivity contribution in [3.8, 4) is 5.75 Å². The minimum atomic E-state index is -0.363. The maximum absolute atomic E-state index is 11.0. The fourth-order valence-corrected chi connectivity index (χ4v) is 2.75. The van der Waals surface area contributed by atoms with Crippen molar-refractivity contribution in [2.24, 2.45) is 0 Å². The van der Waals surface area contributed by atoms with Crippen LogP contribution >= 0.6 is 0 Å². The van der Waals surface area contributed by atoms with Crippen LogP contribution in [0.1, 0.15) is 5.56 Å². The van der Waals surface area contributed by atoms with E-state index >= 15 is 0 Å². The summed E-state index contributed by atoms with van der Waals surface area (Å²) in [5.74, 6) is 0.474. The van der Waals surface area contributed by atoms with E-state index in [9.17, 15) is 10.1 Å². The van der Waals surface area contributed by atoms with Crippen molar-refractivity contribution >= 4 is 11.4 Å². The Morgan fingerprint density at radius 3 is 2.68 bits per heavy atom. The Kier molecular flexibility index (Phi) is 3.02. The molecule has 0 aliphatic carbocycles. The molecule has 0 atom stereocenters. The third-order valence-electron chi connectivity index (χ3n) is 3.85. The molecule has 0 unspecified atom stereocenters. The van der Waals surface area contributed by atoms with Gasteiger partial charge in [0.05, 0.1) is 11.5 Å². The molecule has 1 aromatic carbocycles. The smallest absolute Gasteiger partial charge is 0.311 e. The highest BCUT2D eigenvalue weighted by Gasteiger charge is 2.29. The van der Waals surface area contributed by atoms with Gasteiger partial charge in [-0.2, -0.15) is 0 Å². The molecule has 6 nitrogen and oxygen atoms in total. The van der Waals surface area contributed by atoms with E-state index in [1.54, 1.807) is 6.07 Å². The number of ether oxygens (including phenoxy) is 1. The summed E-state index contributed by atoms with van der Waals surface area (Å²) in [6, 6.07) is 3.44. The van der Waals surface area contributed by atoms with Gasteiger partial charge in [0.15, 0.2) is 0 Å². The molecule has 1 fully saturated rings. The second-order valence-corrected chi connectivity index (χ2v) is 5.06. The summed E-state index contributed by atoms with van der Waals surface area (Å²) in [4.78, 5) is 15.2. The van der Waals surface area contributed by atoms with Crippen molar-refractivity contribution in [1.29, 1.82) is 0 Å². The zero-order chi connectivity index (χ0) is 13.4. The van der Waals surface area contributed by atoms with Crippen LogP contribution in [0, 0.1) is 10.1 Å². The first kappa shape index (κ1) is 12.2. The van der Waals surface area contributed by atoms with Gasteiger partial charge in [0, 0.05) is 49.9 Å². The van der Waals surface area contributed by atoms with Gasteiger partial charge >= 0.3 is 5.69 Å². The second kappa shape index (κ2) is 4.70. The maximum atomic E-state index is 11.0. The molecule has 2 aliphatic heterocycles. The lowest BCUT2D eigenvalue weighted by Crippen LogP contribution is -2.44. The minimum Gasteiger partial charge on any atom is -0.486 e. The van der Waals surface area contributed by atoms with Gasteiger partial charge in [-0.3, -0.25) is 10.1 Å². The van der Waals surface area contributed by atoms with Crippen LogP contribution in [0.4, 0.5) is 11.4 Å². The van der Waals surface area contributed by atoms with Crippen molar-refractivity contribution in [2.45, 2.75) is 6.42 Å². The largest absolute Gasteiger partial charge is 0.486 e. The second-order valence-electron chi connectivity index (χ2n) is 5.06. The highest BCUT2D eigenvalue weighted by Crippen LogP contribution is 2.41. The molecule has 0 N–H and O–H groups in total. The fraction of sp³-hybridized carbons (Fsp3) is 0.538. The zero-order valence-corrected chi connectivity index (χ0v) is 11.0. The number of benzene rings is 1. The molecular weight excluding hydrogens is 246 g/mol. The molecule has 2 heterocycles. The molecule has 0 spiro atoms. The number of rotatable bonds is 2. The van der Waals surface area contributed by atoms with Gasteiger partial charge in [0.1, 0.15) is 0 Å². The summed E-state index contributed by atoms with van der Waals surface area (Å²) in [7, 11) is 2.11. The predicted octanol–water partition coefficient (Wildman–Crippen LogP) is 1.28. The molecule has 0 radical (unpaired) electrons. The van der Waals surface area contributed by atoms with Crippen LogP contribution in [0.2, 0.25) is 0 Å². The molecule has 0 bridgehead atoms. The first-order chi connectivity index (χ1) is 9.16. The quantitative estimate of drug-likeness (QED) is 0.594. The van der Waals surface area contributed by atoms with E-state index in [2.05, 4.69) is 16.8 Å². The number of fused-ring (bicyclic) bond motifs is 1. The third kappa shape index (κ3) is 2.12. The number of nitro groups is 1. The van der Waals surface area contributed by atoms with Crippen LogP contribution in [0.15, 0.2) is 12.1 Å². The van der Waals surface area contributed by atoms with E-state index in [-0.39, 0.29) is 10.6 Å². The number of hydrogen-bond acceptors (Lipinski definition) is 5. The summed E-state index contributed by atoms with van der Waals surface area (Å²) >= 11 is 0. The molecule has 1 aromatic rings. The molecule has 3 rings (SSSR count). The van der Waals surface area contributed by atoms with Gasteiger partial charge in [0.25, 0.3) is 0 Å². The van der Waals surface area contributed by atoms with E-state index in [1.165, 1.54) is 0 Å². The average molecular weight is 263 g/mol. The number of nitrogens with zero attached hydrogens (tertiary/aromatic N) is 3. The number of hydrogen-bond donors (Lipinski definition) is 0. The Hall–Kier alpha value is -1.82. The zero-order valence-electron chi connectivity index (χ0n) is 11.0. The summed E-state index contributed by atoms with van der Waals surface area (Å²) in [6.07, 6.45) is 0.763. The Labute approximate surface area is 111 Å². The Morgan fingerprint density at radius 2 is 2.00 bits per heavy atom. The van der Waals surface area contributed by atoms with Crippen LogP contribution in [0.25, 0.3) is 0 Å². The van der Waals surface area contributed by atoms with Gasteiger partial charge in [-0.25, -0.2) is 0 Å². The van der Waals surface area contributed by atoms with Gasteiger partial charge in [-0.05, 0) is 13.1 Å². The van der Waals surface area contributed by atoms with Crippen molar-refractivity contribution in [2.75, 3.05) is 44.7 Å². The van der Waals surface area contributed by atoms with E-state index < -0.39 is 0 Å². The highest BCUT2D eigenvalue weighted by atomic mass is 16.6. The Morgan fingerprint density at radius 1 is 1.26 bits per heavy atom. The number of anilines is 1. The molecule has 0 aromatic heterocycles. The molecule has 102 valence electrons. The van der Waals surface area contributed by atoms with Crippen molar-refractivity contribution in [3.05, 3.63) is 27.8 Å². The first-order valence-electron chi connectivity index (χ1n) is 6.53. The van der Waals surface area contributed by atoms with Crippen LogP contribution in [-0.4, -0.2) is 49.7 Å². The van der Waals surface area contributed by atoms with Crippen LogP contribution in [0.5, 0.6) is 5.75 Å². The summed E-state index contributed by atoms with van der Waals surface area (Å²) in [5.41, 5.74) is 2.19. The van der Waals surface area contributed by atoms with Crippen molar-refractivity contribution in [3.63, 3.8) is 0 Å². The average Bonchev–Trinajstić information content (AvgIpc) is 2.87. The summed E-state index contributed by atoms with van der Waals surface area (Å²) in [5, 5.41) is 11.0. The fourth-order valence-electron chi connectivity index (χ4n) is 2.75. The van der Waals surface area contributed by atoms with Crippen molar-refractivity contribution in [1.82, 2.24) is 4.90 Å². The van der Waals surface area contributed by atoms with Crippen LogP contribution < -0.4 is 9.64 Å². The predicted molar refractivity (Wildman–Crippen MR) is 72.0 cm³/mol. The topological polar surface area (TPSA) is 58.9 Å². The monoisotopic (exact) mass is 263 g/mol. The maximum Gasteiger partial charge on any atom is 0.311 e. The van der Waals surface area contributed by atoms with E-state index in [0.29, 0.717) is 12.4 Å². The molecule has 0 saturated carbocycles. The molecular formula is C13H17N3O3. The SMILES string of the molecule is CN1CCN(c2ccc([N+](=O)[O-])c3c2CCO3)CC1. The van der Waals surface area contributed by atoms with Gasteiger partial charge in [0.2, 0.25) is 5.75 Å². The summed E-state index contributed by atoms with van der Waals surface area (Å²) in [6.45, 7) is 4.50. The van der Waals surface area contributed by atoms with E-state index in [4.69, 9.17) is 4.74 Å². The number of likely N-dealkylation sites (N-methyl/N-ethyl adjacent to an activating group) is 1. The normalized spacial score (nSPS) is 19.1. The lowest BCUT2D eigenvalue weighted by Gasteiger charge is -2.34. The van der Waals surface area contributed by atoms with Crippen LogP contribution in [0.3, 0.4) is 0 Å². The lowest BCUT2D eigenvalue weighted by atomic mass is 10.1. The third-order valence-corrected chi connectivity index (χ3v) is 3.85. The van der Waals surface area contributed by atoms with Crippen LogP contribution in [-0.2, 0) is 6.42 Å². The first-order valence-corrected chi connectivity index (χ1v) is 6.53. The Bertz CT molecular complexity index is 510. The Balaban J connectivity index is 1.95. The standard InChI is InChI=1S/C13H17N3O3/c1-14-5-7-15(8-6-14)11-2-3-12(16(17)18)13-10(11)4-9-19-13/h2-3H,4-9H2,1H3. The molecule has 6 heteroatoms. The molecule has 1 saturated heterocycles. The van der Waals surface area contributed by atoms with Crippen molar-refractivity contribution < 1.29 is 9.66 Å². The van der Waals surface area contributed by atoms with E-state index in [1.807, 2.05) is 6.07 Å². The van der Waals surface area contributed by atoms with Gasteiger partial charge in [-0.1, -0.05) is 0 Å². The minimum absolute atomic E-state index is 0.0883. The number of nitro benzene ring substituents is 1. The highest BCUT2D eigenvalue weighted by molar-refractivity contribution is 5.68. The molecule has 0 amide bonds. The van der Waals surface area contributed by atoms with Gasteiger partial charge in [-0.15, -0.1) is 0 Å². The molecule has 2 aliphatic rings. The molecule has 19 heavy (non-hydrogen) atoms. The number of piperazine rings is 1. The lowest BCUT2D eigenvalue weighted by molar-refractivity contribution is -0.385.